The lowest BCUT2D eigenvalue weighted by Gasteiger charge is -2.04. The van der Waals surface area contributed by atoms with Crippen LogP contribution >= 0.6 is 0 Å². The van der Waals surface area contributed by atoms with Gasteiger partial charge in [0, 0.05) is 23.5 Å². The van der Waals surface area contributed by atoms with Gasteiger partial charge in [-0.05, 0) is 12.1 Å². The fourth-order valence-corrected chi connectivity index (χ4v) is 2.76. The molecule has 0 saturated carbocycles. The third-order valence-electron chi connectivity index (χ3n) is 3.77. The van der Waals surface area contributed by atoms with Crippen LogP contribution < -0.4 is 0 Å². The Morgan fingerprint density at radius 2 is 1.71 bits per heavy atom. The van der Waals surface area contributed by atoms with Gasteiger partial charge in [-0.25, -0.2) is 4.98 Å². The van der Waals surface area contributed by atoms with E-state index in [1.165, 1.54) is 5.39 Å². The Labute approximate surface area is 122 Å². The molecular weight excluding hydrogens is 258 g/mol. The van der Waals surface area contributed by atoms with E-state index in [0.717, 1.165) is 28.2 Å². The second kappa shape index (κ2) is 4.63. The van der Waals surface area contributed by atoms with E-state index >= 15 is 0 Å². The monoisotopic (exact) mass is 273 g/mol. The summed E-state index contributed by atoms with van der Waals surface area (Å²) in [5.41, 5.74) is 5.48. The number of aromatic nitrogens is 3. The second-order valence-corrected chi connectivity index (χ2v) is 5.19. The van der Waals surface area contributed by atoms with E-state index in [4.69, 9.17) is 0 Å². The highest BCUT2D eigenvalue weighted by atomic mass is 15.0. The highest BCUT2D eigenvalue weighted by Gasteiger charge is 2.14. The van der Waals surface area contributed by atoms with Gasteiger partial charge in [-0.15, -0.1) is 0 Å². The standard InChI is InChI=1S/C18H15N3/c1-21-12-19-17(13-7-3-2-4-8-13)18(21)16-11-14-9-5-6-10-15(14)20-16/h2-12,20H,1H3. The van der Waals surface area contributed by atoms with Crippen molar-refractivity contribution in [3.8, 4) is 22.6 Å². The molecule has 1 N–H and O–H groups in total. The molecule has 21 heavy (non-hydrogen) atoms. The Morgan fingerprint density at radius 1 is 0.952 bits per heavy atom. The smallest absolute Gasteiger partial charge is 0.0978 e. The molecule has 0 fully saturated rings. The number of aromatic amines is 1. The predicted molar refractivity (Wildman–Crippen MR) is 85.9 cm³/mol. The predicted octanol–water partition coefficient (Wildman–Crippen LogP) is 4.24. The van der Waals surface area contributed by atoms with Crippen molar-refractivity contribution in [1.82, 2.24) is 14.5 Å². The van der Waals surface area contributed by atoms with Gasteiger partial charge in [0.05, 0.1) is 23.4 Å². The molecule has 0 aliphatic carbocycles. The van der Waals surface area contributed by atoms with Gasteiger partial charge in [0.25, 0.3) is 0 Å². The number of hydrogen-bond acceptors (Lipinski definition) is 1. The van der Waals surface area contributed by atoms with Crippen LogP contribution in [0.1, 0.15) is 0 Å². The number of rotatable bonds is 2. The maximum absolute atomic E-state index is 4.58. The molecular formula is C18H15N3. The van der Waals surface area contributed by atoms with Crippen LogP contribution in [-0.4, -0.2) is 14.5 Å². The molecule has 2 heterocycles. The lowest BCUT2D eigenvalue weighted by Crippen LogP contribution is -1.91. The molecule has 0 aliphatic rings. The minimum Gasteiger partial charge on any atom is -0.353 e. The zero-order valence-corrected chi connectivity index (χ0v) is 11.7. The first-order valence-electron chi connectivity index (χ1n) is 6.98. The molecule has 2 aromatic heterocycles. The van der Waals surface area contributed by atoms with Crippen LogP contribution in [0.5, 0.6) is 0 Å². The summed E-state index contributed by atoms with van der Waals surface area (Å²) >= 11 is 0. The summed E-state index contributed by atoms with van der Waals surface area (Å²) in [6.45, 7) is 0. The molecule has 3 heteroatoms. The van der Waals surface area contributed by atoms with Crippen LogP contribution in [0.25, 0.3) is 33.5 Å². The number of aryl methyl sites for hydroxylation is 1. The molecule has 0 spiro atoms. The van der Waals surface area contributed by atoms with Gasteiger partial charge < -0.3 is 9.55 Å². The molecule has 0 unspecified atom stereocenters. The first-order valence-corrected chi connectivity index (χ1v) is 6.98. The number of hydrogen-bond donors (Lipinski definition) is 1. The molecule has 0 bridgehead atoms. The van der Waals surface area contributed by atoms with Crippen molar-refractivity contribution in [1.29, 1.82) is 0 Å². The number of nitrogens with one attached hydrogen (secondary N) is 1. The fourth-order valence-electron chi connectivity index (χ4n) is 2.76. The van der Waals surface area contributed by atoms with Crippen LogP contribution in [0.15, 0.2) is 67.0 Å². The van der Waals surface area contributed by atoms with E-state index < -0.39 is 0 Å². The SMILES string of the molecule is Cn1cnc(-c2ccccc2)c1-c1cc2ccccc2[nH]1. The van der Waals surface area contributed by atoms with Crippen molar-refractivity contribution in [2.75, 3.05) is 0 Å². The van der Waals surface area contributed by atoms with E-state index in [2.05, 4.69) is 50.9 Å². The van der Waals surface area contributed by atoms with Crippen molar-refractivity contribution >= 4 is 10.9 Å². The van der Waals surface area contributed by atoms with Gasteiger partial charge >= 0.3 is 0 Å². The van der Waals surface area contributed by atoms with Crippen molar-refractivity contribution in [3.63, 3.8) is 0 Å². The van der Waals surface area contributed by atoms with Gasteiger partial charge in [0.15, 0.2) is 0 Å². The van der Waals surface area contributed by atoms with Crippen molar-refractivity contribution in [3.05, 3.63) is 67.0 Å². The third-order valence-corrected chi connectivity index (χ3v) is 3.77. The molecule has 0 amide bonds. The van der Waals surface area contributed by atoms with Crippen molar-refractivity contribution < 1.29 is 0 Å². The Kier molecular flexibility index (Phi) is 2.64. The lowest BCUT2D eigenvalue weighted by molar-refractivity contribution is 0.918. The molecule has 0 aliphatic heterocycles. The first kappa shape index (κ1) is 12.0. The molecule has 0 radical (unpaired) electrons. The number of nitrogens with zero attached hydrogens (tertiary/aromatic N) is 2. The summed E-state index contributed by atoms with van der Waals surface area (Å²) in [6.07, 6.45) is 1.86. The maximum Gasteiger partial charge on any atom is 0.0978 e. The minimum absolute atomic E-state index is 1.00. The van der Waals surface area contributed by atoms with Crippen LogP contribution in [0.3, 0.4) is 0 Å². The minimum atomic E-state index is 1.00. The fraction of sp³-hybridized carbons (Fsp3) is 0.0556. The highest BCUT2D eigenvalue weighted by molar-refractivity contribution is 5.88. The van der Waals surface area contributed by atoms with E-state index in [1.54, 1.807) is 0 Å². The average molecular weight is 273 g/mol. The van der Waals surface area contributed by atoms with Crippen LogP contribution in [0, 0.1) is 0 Å². The number of fused-ring (bicyclic) bond motifs is 1. The lowest BCUT2D eigenvalue weighted by atomic mass is 10.1. The average Bonchev–Trinajstić information content (AvgIpc) is 3.11. The Balaban J connectivity index is 1.94. The Hall–Kier alpha value is -2.81. The van der Waals surface area contributed by atoms with Crippen LogP contribution in [-0.2, 0) is 7.05 Å². The number of para-hydroxylation sites is 1. The number of imidazole rings is 1. The Morgan fingerprint density at radius 3 is 2.52 bits per heavy atom. The van der Waals surface area contributed by atoms with E-state index in [1.807, 2.05) is 37.6 Å². The topological polar surface area (TPSA) is 33.6 Å². The molecule has 4 rings (SSSR count). The van der Waals surface area contributed by atoms with Gasteiger partial charge in [-0.2, -0.15) is 0 Å². The van der Waals surface area contributed by atoms with Crippen LogP contribution in [0.4, 0.5) is 0 Å². The maximum atomic E-state index is 4.58. The highest BCUT2D eigenvalue weighted by Crippen LogP contribution is 2.31. The second-order valence-electron chi connectivity index (χ2n) is 5.19. The largest absolute Gasteiger partial charge is 0.353 e. The summed E-state index contributed by atoms with van der Waals surface area (Å²) in [7, 11) is 2.03. The van der Waals surface area contributed by atoms with Crippen molar-refractivity contribution in [2.45, 2.75) is 0 Å². The molecule has 0 atom stereocenters. The molecule has 102 valence electrons. The van der Waals surface area contributed by atoms with Gasteiger partial charge in [0.2, 0.25) is 0 Å². The van der Waals surface area contributed by atoms with E-state index in [0.29, 0.717) is 0 Å². The molecule has 0 saturated heterocycles. The summed E-state index contributed by atoms with van der Waals surface area (Å²) in [5.74, 6) is 0. The Bertz CT molecular complexity index is 868. The zero-order valence-electron chi connectivity index (χ0n) is 11.7. The van der Waals surface area contributed by atoms with Crippen molar-refractivity contribution in [2.24, 2.45) is 7.05 Å². The summed E-state index contributed by atoms with van der Waals surface area (Å²) in [5, 5.41) is 1.22. The zero-order chi connectivity index (χ0) is 14.2. The normalized spacial score (nSPS) is 11.1. The van der Waals surface area contributed by atoms with E-state index in [-0.39, 0.29) is 0 Å². The van der Waals surface area contributed by atoms with Gasteiger partial charge in [0.1, 0.15) is 0 Å². The molecule has 3 nitrogen and oxygen atoms in total. The van der Waals surface area contributed by atoms with E-state index in [9.17, 15) is 0 Å². The summed E-state index contributed by atoms with van der Waals surface area (Å²) in [6, 6.07) is 20.8. The summed E-state index contributed by atoms with van der Waals surface area (Å²) in [4.78, 5) is 8.06. The van der Waals surface area contributed by atoms with Gasteiger partial charge in [-0.3, -0.25) is 0 Å². The number of benzene rings is 2. The van der Waals surface area contributed by atoms with Crippen LogP contribution in [0.2, 0.25) is 0 Å². The van der Waals surface area contributed by atoms with Gasteiger partial charge in [-0.1, -0.05) is 48.5 Å². The quantitative estimate of drug-likeness (QED) is 0.582. The third kappa shape index (κ3) is 1.94. The molecule has 4 aromatic rings. The summed E-state index contributed by atoms with van der Waals surface area (Å²) < 4.78 is 2.06. The number of H-pyrrole nitrogens is 1. The molecule has 2 aromatic carbocycles. The first-order chi connectivity index (χ1) is 10.3.